The van der Waals surface area contributed by atoms with Crippen molar-refractivity contribution in [3.63, 3.8) is 0 Å². The summed E-state index contributed by atoms with van der Waals surface area (Å²) in [6, 6.07) is 0. The molecule has 35 heavy (non-hydrogen) atoms. The van der Waals surface area contributed by atoms with Crippen LogP contribution in [-0.2, 0) is 11.0 Å². The van der Waals surface area contributed by atoms with Crippen LogP contribution in [0.4, 0.5) is 0 Å². The molecule has 0 saturated heterocycles. The fraction of sp³-hybridized carbons (Fsp3) is 0.724. The standard InChI is InChI=1S/C29H49O5P/c1-9-12-25(19-35(30,31)32)33-27-22(5)23(6)28-26(24(27)7)16-18-29(8,34-28)17-11-15-21(4)14-10-13-20(2)3/h11,17,20-21,25H,9-10,12-16,18-19H2,1-8H3,(H2,30,31,32). The lowest BCUT2D eigenvalue weighted by Gasteiger charge is -2.37. The number of hydrogen-bond donors (Lipinski definition) is 2. The molecule has 0 saturated carbocycles. The van der Waals surface area contributed by atoms with Gasteiger partial charge in [0.1, 0.15) is 23.2 Å². The van der Waals surface area contributed by atoms with Crippen molar-refractivity contribution in [1.29, 1.82) is 0 Å². The van der Waals surface area contributed by atoms with Gasteiger partial charge in [-0.15, -0.1) is 0 Å². The molecule has 200 valence electrons. The molecule has 5 nitrogen and oxygen atoms in total. The van der Waals surface area contributed by atoms with Crippen molar-refractivity contribution in [2.45, 2.75) is 118 Å². The first-order chi connectivity index (χ1) is 16.3. The van der Waals surface area contributed by atoms with Gasteiger partial charge in [0.05, 0.1) is 6.16 Å². The molecule has 1 heterocycles. The maximum atomic E-state index is 11.6. The van der Waals surface area contributed by atoms with Crippen molar-refractivity contribution in [3.05, 3.63) is 34.4 Å². The summed E-state index contributed by atoms with van der Waals surface area (Å²) in [5.74, 6) is 3.15. The molecule has 0 radical (unpaired) electrons. The van der Waals surface area contributed by atoms with Gasteiger partial charge in [0.25, 0.3) is 0 Å². The first kappa shape index (κ1) is 29.9. The van der Waals surface area contributed by atoms with E-state index >= 15 is 0 Å². The Kier molecular flexibility index (Phi) is 10.9. The molecular weight excluding hydrogens is 459 g/mol. The Hall–Kier alpha value is -1.29. The Morgan fingerprint density at radius 1 is 1.09 bits per heavy atom. The van der Waals surface area contributed by atoms with Crippen LogP contribution in [0.2, 0.25) is 0 Å². The van der Waals surface area contributed by atoms with Crippen LogP contribution in [0.25, 0.3) is 0 Å². The lowest BCUT2D eigenvalue weighted by atomic mass is 9.86. The fourth-order valence-electron chi connectivity index (χ4n) is 5.03. The molecule has 0 aliphatic carbocycles. The van der Waals surface area contributed by atoms with Crippen LogP contribution >= 0.6 is 7.60 Å². The van der Waals surface area contributed by atoms with Gasteiger partial charge < -0.3 is 19.3 Å². The molecule has 3 unspecified atom stereocenters. The molecular formula is C29H49O5P. The molecule has 6 heteroatoms. The average Bonchev–Trinajstić information content (AvgIpc) is 2.74. The maximum Gasteiger partial charge on any atom is 0.329 e. The van der Waals surface area contributed by atoms with Gasteiger partial charge in [0.2, 0.25) is 0 Å². The molecule has 0 spiro atoms. The SMILES string of the molecule is CCCC(CP(=O)(O)O)Oc1c(C)c(C)c2c(c1C)CCC(C)(C=CCC(C)CCCC(C)C)O2. The van der Waals surface area contributed by atoms with Gasteiger partial charge in [-0.3, -0.25) is 4.57 Å². The van der Waals surface area contributed by atoms with E-state index in [1.54, 1.807) is 0 Å². The minimum absolute atomic E-state index is 0.259. The monoisotopic (exact) mass is 508 g/mol. The smallest absolute Gasteiger partial charge is 0.329 e. The van der Waals surface area contributed by atoms with Gasteiger partial charge in [-0.05, 0) is 88.0 Å². The van der Waals surface area contributed by atoms with E-state index in [0.717, 1.165) is 65.4 Å². The molecule has 0 aromatic heterocycles. The number of hydrogen-bond acceptors (Lipinski definition) is 3. The lowest BCUT2D eigenvalue weighted by Crippen LogP contribution is -2.35. The predicted molar refractivity (Wildman–Crippen MR) is 146 cm³/mol. The Bertz CT molecular complexity index is 916. The molecule has 1 aliphatic rings. The van der Waals surface area contributed by atoms with Crippen molar-refractivity contribution < 1.29 is 23.8 Å². The van der Waals surface area contributed by atoms with Crippen LogP contribution in [0.5, 0.6) is 11.5 Å². The largest absolute Gasteiger partial charge is 0.489 e. The van der Waals surface area contributed by atoms with E-state index in [1.165, 1.54) is 19.3 Å². The van der Waals surface area contributed by atoms with E-state index < -0.39 is 13.7 Å². The summed E-state index contributed by atoms with van der Waals surface area (Å²) in [5.41, 5.74) is 3.89. The van der Waals surface area contributed by atoms with Crippen LogP contribution < -0.4 is 9.47 Å². The summed E-state index contributed by atoms with van der Waals surface area (Å²) in [6.45, 7) is 17.2. The molecule has 1 aliphatic heterocycles. The van der Waals surface area contributed by atoms with Crippen molar-refractivity contribution in [2.75, 3.05) is 6.16 Å². The Balaban J connectivity index is 2.17. The van der Waals surface area contributed by atoms with Crippen molar-refractivity contribution in [3.8, 4) is 11.5 Å². The topological polar surface area (TPSA) is 76.0 Å². The van der Waals surface area contributed by atoms with Gasteiger partial charge in [-0.25, -0.2) is 0 Å². The zero-order valence-corrected chi connectivity index (χ0v) is 24.2. The van der Waals surface area contributed by atoms with E-state index in [0.29, 0.717) is 12.3 Å². The summed E-state index contributed by atoms with van der Waals surface area (Å²) in [6.07, 6.45) is 11.9. The van der Waals surface area contributed by atoms with Crippen LogP contribution in [0.1, 0.15) is 102 Å². The van der Waals surface area contributed by atoms with Gasteiger partial charge >= 0.3 is 7.60 Å². The summed E-state index contributed by atoms with van der Waals surface area (Å²) < 4.78 is 24.5. The van der Waals surface area contributed by atoms with E-state index in [4.69, 9.17) is 9.47 Å². The molecule has 0 amide bonds. The van der Waals surface area contributed by atoms with Gasteiger partial charge in [0.15, 0.2) is 0 Å². The zero-order chi connectivity index (χ0) is 26.4. The van der Waals surface area contributed by atoms with Crippen molar-refractivity contribution in [1.82, 2.24) is 0 Å². The minimum atomic E-state index is -4.16. The molecule has 3 atom stereocenters. The van der Waals surface area contributed by atoms with Crippen LogP contribution in [0.15, 0.2) is 12.2 Å². The van der Waals surface area contributed by atoms with Crippen LogP contribution in [0.3, 0.4) is 0 Å². The van der Waals surface area contributed by atoms with Crippen molar-refractivity contribution >= 4 is 7.60 Å². The second kappa shape index (κ2) is 12.8. The summed E-state index contributed by atoms with van der Waals surface area (Å²) in [5, 5.41) is 0. The number of benzene rings is 1. The van der Waals surface area contributed by atoms with Gasteiger partial charge in [-0.2, -0.15) is 0 Å². The van der Waals surface area contributed by atoms with E-state index in [2.05, 4.69) is 46.8 Å². The lowest BCUT2D eigenvalue weighted by molar-refractivity contribution is 0.111. The number of fused-ring (bicyclic) bond motifs is 1. The molecule has 0 fully saturated rings. The van der Waals surface area contributed by atoms with E-state index in [-0.39, 0.29) is 11.8 Å². The van der Waals surface area contributed by atoms with Gasteiger partial charge in [0, 0.05) is 5.56 Å². The summed E-state index contributed by atoms with van der Waals surface area (Å²) in [4.78, 5) is 19.0. The highest BCUT2D eigenvalue weighted by Crippen LogP contribution is 2.45. The highest BCUT2D eigenvalue weighted by molar-refractivity contribution is 7.51. The number of ether oxygens (including phenoxy) is 2. The molecule has 0 bridgehead atoms. The Morgan fingerprint density at radius 2 is 1.77 bits per heavy atom. The van der Waals surface area contributed by atoms with Gasteiger partial charge in [-0.1, -0.05) is 59.5 Å². The molecule has 2 rings (SSSR count). The highest BCUT2D eigenvalue weighted by Gasteiger charge is 2.33. The first-order valence-electron chi connectivity index (χ1n) is 13.5. The predicted octanol–water partition coefficient (Wildman–Crippen LogP) is 7.83. The van der Waals surface area contributed by atoms with E-state index in [9.17, 15) is 14.4 Å². The summed E-state index contributed by atoms with van der Waals surface area (Å²) in [7, 11) is -4.16. The van der Waals surface area contributed by atoms with Crippen LogP contribution in [-0.4, -0.2) is 27.7 Å². The first-order valence-corrected chi connectivity index (χ1v) is 15.3. The Labute approximate surface area is 213 Å². The third kappa shape index (κ3) is 8.95. The quantitative estimate of drug-likeness (QED) is 0.210. The highest BCUT2D eigenvalue weighted by atomic mass is 31.2. The fourth-order valence-corrected chi connectivity index (χ4v) is 5.82. The van der Waals surface area contributed by atoms with Crippen molar-refractivity contribution in [2.24, 2.45) is 11.8 Å². The Morgan fingerprint density at radius 3 is 2.37 bits per heavy atom. The van der Waals surface area contributed by atoms with Crippen LogP contribution in [0, 0.1) is 32.6 Å². The molecule has 1 aromatic rings. The second-order valence-electron chi connectivity index (χ2n) is 11.4. The normalized spacial score (nSPS) is 20.1. The maximum absolute atomic E-state index is 11.6. The second-order valence-corrected chi connectivity index (χ2v) is 13.1. The average molecular weight is 509 g/mol. The minimum Gasteiger partial charge on any atom is -0.489 e. The third-order valence-corrected chi connectivity index (χ3v) is 8.22. The number of rotatable bonds is 13. The van der Waals surface area contributed by atoms with E-state index in [1.807, 2.05) is 20.8 Å². The summed E-state index contributed by atoms with van der Waals surface area (Å²) >= 11 is 0. The molecule has 2 N–H and O–H groups in total. The number of allylic oxidation sites excluding steroid dienone is 1. The third-order valence-electron chi connectivity index (χ3n) is 7.34. The zero-order valence-electron chi connectivity index (χ0n) is 23.3. The molecule has 1 aromatic carbocycles.